The van der Waals surface area contributed by atoms with Crippen LogP contribution in [0.4, 0.5) is 26.1 Å². The first-order valence-corrected chi connectivity index (χ1v) is 11.5. The highest BCUT2D eigenvalue weighted by Crippen LogP contribution is 2.27. The summed E-state index contributed by atoms with van der Waals surface area (Å²) in [6, 6.07) is 7.36. The van der Waals surface area contributed by atoms with Gasteiger partial charge in [0.25, 0.3) is 0 Å². The van der Waals surface area contributed by atoms with Crippen molar-refractivity contribution in [1.29, 1.82) is 0 Å². The lowest BCUT2D eigenvalue weighted by atomic mass is 9.92. The van der Waals surface area contributed by atoms with Gasteiger partial charge in [0.1, 0.15) is 5.65 Å². The molecule has 182 valence electrons. The van der Waals surface area contributed by atoms with Crippen LogP contribution in [0.2, 0.25) is 0 Å². The summed E-state index contributed by atoms with van der Waals surface area (Å²) in [4.78, 5) is 17.7. The van der Waals surface area contributed by atoms with E-state index < -0.39 is 6.61 Å². The molecule has 0 aromatic carbocycles. The molecule has 0 atom stereocenters. The summed E-state index contributed by atoms with van der Waals surface area (Å²) in [7, 11) is 0. The summed E-state index contributed by atoms with van der Waals surface area (Å²) in [5.74, 6) is 0.449. The molecule has 5 rings (SSSR count). The van der Waals surface area contributed by atoms with Crippen LogP contribution in [-0.2, 0) is 0 Å². The third-order valence-electron chi connectivity index (χ3n) is 6.06. The minimum absolute atomic E-state index is 0.141. The maximum Gasteiger partial charge on any atom is 0.388 e. The fourth-order valence-electron chi connectivity index (χ4n) is 4.23. The molecule has 0 bridgehead atoms. The van der Waals surface area contributed by atoms with E-state index in [1.54, 1.807) is 12.3 Å². The topological polar surface area (TPSA) is 115 Å². The molecule has 1 aliphatic rings. The Kier molecular flexibility index (Phi) is 6.41. The lowest BCUT2D eigenvalue weighted by molar-refractivity contribution is -0.0528. The van der Waals surface area contributed by atoms with E-state index in [9.17, 15) is 8.78 Å². The Hall–Kier alpha value is -3.86. The van der Waals surface area contributed by atoms with Crippen LogP contribution < -0.4 is 21.1 Å². The van der Waals surface area contributed by atoms with Crippen LogP contribution >= 0.6 is 0 Å². The molecule has 1 aliphatic carbocycles. The minimum atomic E-state index is -2.91. The van der Waals surface area contributed by atoms with Crippen molar-refractivity contribution in [3.63, 3.8) is 0 Å². The molecule has 1 saturated carbocycles. The van der Waals surface area contributed by atoms with Crippen molar-refractivity contribution in [1.82, 2.24) is 24.3 Å². The fraction of sp³-hybridized carbons (Fsp3) is 0.333. The summed E-state index contributed by atoms with van der Waals surface area (Å²) in [5, 5.41) is 6.67. The summed E-state index contributed by atoms with van der Waals surface area (Å²) in [5.41, 5.74) is 10.7. The van der Waals surface area contributed by atoms with Crippen molar-refractivity contribution < 1.29 is 13.5 Å². The molecule has 0 unspecified atom stereocenters. The molecule has 0 aliphatic heterocycles. The second-order valence-electron chi connectivity index (χ2n) is 8.66. The molecular formula is C24H26F2N8O. The Morgan fingerprint density at radius 2 is 1.80 bits per heavy atom. The van der Waals surface area contributed by atoms with E-state index in [2.05, 4.69) is 30.3 Å². The van der Waals surface area contributed by atoms with Gasteiger partial charge < -0.3 is 21.1 Å². The fourth-order valence-corrected chi connectivity index (χ4v) is 4.23. The SMILES string of the molecule is Cc1cnc(NC2CCC(N)CC2)nc1-c1cnc2ccc(Nc3ccc(OC(F)F)nc3)cn12. The number of nitrogens with one attached hydrogen (secondary N) is 2. The zero-order valence-electron chi connectivity index (χ0n) is 19.2. The van der Waals surface area contributed by atoms with E-state index in [0.717, 1.165) is 54.0 Å². The summed E-state index contributed by atoms with van der Waals surface area (Å²) in [6.07, 6.45) is 10.9. The van der Waals surface area contributed by atoms with Crippen molar-refractivity contribution in [2.75, 3.05) is 10.6 Å². The zero-order chi connectivity index (χ0) is 24.4. The Morgan fingerprint density at radius 1 is 1.00 bits per heavy atom. The van der Waals surface area contributed by atoms with Crippen molar-refractivity contribution in [3.05, 3.63) is 54.6 Å². The first-order chi connectivity index (χ1) is 16.9. The van der Waals surface area contributed by atoms with Gasteiger partial charge in [0.05, 0.1) is 35.2 Å². The van der Waals surface area contributed by atoms with E-state index in [0.29, 0.717) is 17.7 Å². The van der Waals surface area contributed by atoms with Crippen LogP contribution in [0, 0.1) is 6.92 Å². The molecule has 4 heterocycles. The standard InChI is InChI=1S/C24H26F2N8O/c1-14-10-30-24(32-16-4-2-15(27)3-5-16)33-22(14)19-12-28-20-8-6-18(13-34(19)20)31-17-7-9-21(29-11-17)35-23(25)26/h6-13,15-16,23,31H,2-5,27H2,1H3,(H,30,32,33). The van der Waals surface area contributed by atoms with Crippen LogP contribution in [0.15, 0.2) is 49.1 Å². The van der Waals surface area contributed by atoms with Gasteiger partial charge in [0.2, 0.25) is 11.8 Å². The molecule has 0 radical (unpaired) electrons. The predicted octanol–water partition coefficient (Wildman–Crippen LogP) is 4.52. The van der Waals surface area contributed by atoms with Gasteiger partial charge in [-0.05, 0) is 56.4 Å². The maximum atomic E-state index is 12.3. The lowest BCUT2D eigenvalue weighted by Crippen LogP contribution is -2.33. The van der Waals surface area contributed by atoms with Crippen molar-refractivity contribution >= 4 is 23.0 Å². The van der Waals surface area contributed by atoms with Crippen molar-refractivity contribution in [2.45, 2.75) is 51.3 Å². The van der Waals surface area contributed by atoms with Gasteiger partial charge in [-0.1, -0.05) is 0 Å². The number of hydrogen-bond donors (Lipinski definition) is 3. The van der Waals surface area contributed by atoms with Gasteiger partial charge in [-0.25, -0.2) is 19.9 Å². The number of alkyl halides is 2. The third kappa shape index (κ3) is 5.29. The van der Waals surface area contributed by atoms with Crippen LogP contribution in [-0.4, -0.2) is 43.0 Å². The Morgan fingerprint density at radius 3 is 2.54 bits per heavy atom. The largest absolute Gasteiger partial charge is 0.417 e. The van der Waals surface area contributed by atoms with Gasteiger partial charge in [-0.15, -0.1) is 0 Å². The highest BCUT2D eigenvalue weighted by atomic mass is 19.3. The molecule has 35 heavy (non-hydrogen) atoms. The Bertz CT molecular complexity index is 1300. The molecule has 4 aromatic heterocycles. The van der Waals surface area contributed by atoms with Gasteiger partial charge in [-0.2, -0.15) is 8.78 Å². The van der Waals surface area contributed by atoms with E-state index in [1.165, 1.54) is 12.3 Å². The number of aromatic nitrogens is 5. The van der Waals surface area contributed by atoms with Crippen LogP contribution in [0.3, 0.4) is 0 Å². The number of nitrogens with two attached hydrogens (primary N) is 1. The Labute approximate surface area is 200 Å². The first kappa shape index (κ1) is 22.9. The number of aryl methyl sites for hydroxylation is 1. The monoisotopic (exact) mass is 480 g/mol. The normalized spacial score (nSPS) is 18.1. The van der Waals surface area contributed by atoms with Gasteiger partial charge in [0.15, 0.2) is 0 Å². The summed E-state index contributed by atoms with van der Waals surface area (Å²) >= 11 is 0. The highest BCUT2D eigenvalue weighted by molar-refractivity contribution is 5.67. The second-order valence-corrected chi connectivity index (χ2v) is 8.66. The van der Waals surface area contributed by atoms with Gasteiger partial charge in [-0.3, -0.25) is 4.40 Å². The molecular weight excluding hydrogens is 454 g/mol. The molecule has 4 N–H and O–H groups in total. The highest BCUT2D eigenvalue weighted by Gasteiger charge is 2.20. The number of hydrogen-bond acceptors (Lipinski definition) is 8. The lowest BCUT2D eigenvalue weighted by Gasteiger charge is -2.26. The van der Waals surface area contributed by atoms with Crippen LogP contribution in [0.5, 0.6) is 5.88 Å². The molecule has 9 nitrogen and oxygen atoms in total. The van der Waals surface area contributed by atoms with E-state index in [1.807, 2.05) is 35.9 Å². The molecule has 1 fully saturated rings. The van der Waals surface area contributed by atoms with Crippen LogP contribution in [0.25, 0.3) is 17.0 Å². The molecule has 0 spiro atoms. The van der Waals surface area contributed by atoms with Gasteiger partial charge in [0, 0.05) is 30.5 Å². The average molecular weight is 481 g/mol. The number of nitrogens with zero attached hydrogens (tertiary/aromatic N) is 5. The second kappa shape index (κ2) is 9.79. The summed E-state index contributed by atoms with van der Waals surface area (Å²) < 4.78 is 30.9. The number of imidazole rings is 1. The zero-order valence-corrected chi connectivity index (χ0v) is 19.2. The van der Waals surface area contributed by atoms with Crippen molar-refractivity contribution in [3.8, 4) is 17.3 Å². The van der Waals surface area contributed by atoms with Gasteiger partial charge >= 0.3 is 6.61 Å². The number of halogens is 2. The summed E-state index contributed by atoms with van der Waals surface area (Å²) in [6.45, 7) is -0.945. The molecule has 0 saturated heterocycles. The maximum absolute atomic E-state index is 12.3. The minimum Gasteiger partial charge on any atom is -0.417 e. The number of anilines is 3. The first-order valence-electron chi connectivity index (χ1n) is 11.5. The molecule has 4 aromatic rings. The van der Waals surface area contributed by atoms with E-state index in [-0.39, 0.29) is 11.9 Å². The smallest absolute Gasteiger partial charge is 0.388 e. The number of rotatable bonds is 7. The van der Waals surface area contributed by atoms with E-state index >= 15 is 0 Å². The Balaban J connectivity index is 1.38. The van der Waals surface area contributed by atoms with E-state index in [4.69, 9.17) is 10.7 Å². The number of fused-ring (bicyclic) bond motifs is 1. The van der Waals surface area contributed by atoms with Crippen molar-refractivity contribution in [2.24, 2.45) is 5.73 Å². The van der Waals surface area contributed by atoms with Crippen LogP contribution in [0.1, 0.15) is 31.2 Å². The number of ether oxygens (including phenoxy) is 1. The average Bonchev–Trinajstić information content (AvgIpc) is 3.26. The molecule has 11 heteroatoms. The third-order valence-corrected chi connectivity index (χ3v) is 6.06. The predicted molar refractivity (Wildman–Crippen MR) is 129 cm³/mol. The number of pyridine rings is 2. The molecule has 0 amide bonds. The quantitative estimate of drug-likeness (QED) is 0.354.